The minimum absolute atomic E-state index is 0.0970. The molecule has 0 spiro atoms. The number of carbonyl (C=O) groups excluding carboxylic acids is 1. The standard InChI is InChI=1S/C9H9BrO3/c1-13-9(12)6-2-3-7(5-10)8(11)4-6/h2-4,11H,5H2,1H3. The predicted octanol–water partition coefficient (Wildman–Crippen LogP) is 2.07. The van der Waals surface area contributed by atoms with E-state index >= 15 is 0 Å². The van der Waals surface area contributed by atoms with Crippen molar-refractivity contribution in [3.63, 3.8) is 0 Å². The molecule has 70 valence electrons. The molecule has 13 heavy (non-hydrogen) atoms. The fourth-order valence-corrected chi connectivity index (χ4v) is 1.40. The van der Waals surface area contributed by atoms with Gasteiger partial charge in [-0.15, -0.1) is 0 Å². The number of aromatic hydroxyl groups is 1. The Kier molecular flexibility index (Phi) is 3.31. The Morgan fingerprint density at radius 1 is 1.62 bits per heavy atom. The van der Waals surface area contributed by atoms with E-state index in [-0.39, 0.29) is 5.75 Å². The molecule has 0 atom stereocenters. The maximum absolute atomic E-state index is 11.0. The number of phenols is 1. The first kappa shape index (κ1) is 10.1. The van der Waals surface area contributed by atoms with Crippen molar-refractivity contribution >= 4 is 21.9 Å². The highest BCUT2D eigenvalue weighted by atomic mass is 79.9. The highest BCUT2D eigenvalue weighted by Crippen LogP contribution is 2.21. The van der Waals surface area contributed by atoms with Crippen molar-refractivity contribution in [2.75, 3.05) is 7.11 Å². The number of ether oxygens (including phenoxy) is 1. The first-order valence-corrected chi connectivity index (χ1v) is 4.77. The van der Waals surface area contributed by atoms with Crippen molar-refractivity contribution < 1.29 is 14.6 Å². The molecule has 0 amide bonds. The molecule has 4 heteroatoms. The Morgan fingerprint density at radius 2 is 2.31 bits per heavy atom. The van der Waals surface area contributed by atoms with Crippen molar-refractivity contribution in [1.82, 2.24) is 0 Å². The summed E-state index contributed by atoms with van der Waals surface area (Å²) in [5.74, 6) is -0.351. The van der Waals surface area contributed by atoms with E-state index in [1.165, 1.54) is 13.2 Å². The molecular formula is C9H9BrO3. The number of rotatable bonds is 2. The number of methoxy groups -OCH3 is 1. The summed E-state index contributed by atoms with van der Waals surface area (Å²) in [6.07, 6.45) is 0. The van der Waals surface area contributed by atoms with Gasteiger partial charge in [0.15, 0.2) is 0 Å². The molecule has 0 bridgehead atoms. The number of hydrogen-bond acceptors (Lipinski definition) is 3. The van der Waals surface area contributed by atoms with Crippen LogP contribution in [-0.4, -0.2) is 18.2 Å². The van der Waals surface area contributed by atoms with Crippen LogP contribution in [-0.2, 0) is 10.1 Å². The van der Waals surface area contributed by atoms with E-state index in [1.54, 1.807) is 12.1 Å². The zero-order chi connectivity index (χ0) is 9.84. The van der Waals surface area contributed by atoms with Crippen molar-refractivity contribution in [1.29, 1.82) is 0 Å². The van der Waals surface area contributed by atoms with Gasteiger partial charge < -0.3 is 9.84 Å². The SMILES string of the molecule is COC(=O)c1ccc(CBr)c(O)c1. The molecule has 0 saturated carbocycles. The highest BCUT2D eigenvalue weighted by Gasteiger charge is 2.07. The lowest BCUT2D eigenvalue weighted by Gasteiger charge is -2.03. The molecular weight excluding hydrogens is 236 g/mol. The van der Waals surface area contributed by atoms with Gasteiger partial charge in [-0.1, -0.05) is 22.0 Å². The lowest BCUT2D eigenvalue weighted by atomic mass is 10.1. The van der Waals surface area contributed by atoms with Crippen LogP contribution in [0, 0.1) is 0 Å². The van der Waals surface area contributed by atoms with Gasteiger partial charge in [0, 0.05) is 10.9 Å². The third-order valence-electron chi connectivity index (χ3n) is 1.65. The molecule has 0 fully saturated rings. The second-order valence-corrected chi connectivity index (χ2v) is 3.03. The predicted molar refractivity (Wildman–Crippen MR) is 52.1 cm³/mol. The highest BCUT2D eigenvalue weighted by molar-refractivity contribution is 9.08. The van der Waals surface area contributed by atoms with Crippen molar-refractivity contribution in [2.45, 2.75) is 5.33 Å². The smallest absolute Gasteiger partial charge is 0.337 e. The van der Waals surface area contributed by atoms with Gasteiger partial charge in [0.25, 0.3) is 0 Å². The number of phenolic OH excluding ortho intramolecular Hbond substituents is 1. The van der Waals surface area contributed by atoms with E-state index in [9.17, 15) is 9.90 Å². The van der Waals surface area contributed by atoms with E-state index in [0.717, 1.165) is 5.56 Å². The fraction of sp³-hybridized carbons (Fsp3) is 0.222. The molecule has 0 heterocycles. The second kappa shape index (κ2) is 4.28. The van der Waals surface area contributed by atoms with Crippen LogP contribution < -0.4 is 0 Å². The van der Waals surface area contributed by atoms with E-state index < -0.39 is 5.97 Å². The Balaban J connectivity index is 3.02. The number of benzene rings is 1. The van der Waals surface area contributed by atoms with Gasteiger partial charge in [-0.05, 0) is 12.1 Å². The summed E-state index contributed by atoms with van der Waals surface area (Å²) in [6.45, 7) is 0. The summed E-state index contributed by atoms with van der Waals surface area (Å²) in [7, 11) is 1.30. The van der Waals surface area contributed by atoms with Crippen LogP contribution in [0.3, 0.4) is 0 Å². The van der Waals surface area contributed by atoms with Crippen molar-refractivity contribution in [2.24, 2.45) is 0 Å². The second-order valence-electron chi connectivity index (χ2n) is 2.47. The number of carbonyl (C=O) groups is 1. The number of halogens is 1. The molecule has 1 aromatic rings. The fourth-order valence-electron chi connectivity index (χ4n) is 0.922. The number of alkyl halides is 1. The minimum atomic E-state index is -0.448. The molecule has 0 aliphatic rings. The monoisotopic (exact) mass is 244 g/mol. The van der Waals surface area contributed by atoms with Gasteiger partial charge in [0.2, 0.25) is 0 Å². The molecule has 0 radical (unpaired) electrons. The zero-order valence-corrected chi connectivity index (χ0v) is 8.67. The quantitative estimate of drug-likeness (QED) is 0.640. The largest absolute Gasteiger partial charge is 0.508 e. The average molecular weight is 245 g/mol. The summed E-state index contributed by atoms with van der Waals surface area (Å²) >= 11 is 3.21. The Hall–Kier alpha value is -1.03. The van der Waals surface area contributed by atoms with Crippen LogP contribution in [0.2, 0.25) is 0 Å². The van der Waals surface area contributed by atoms with Crippen LogP contribution in [0.5, 0.6) is 5.75 Å². The Labute approximate surface area is 84.5 Å². The maximum Gasteiger partial charge on any atom is 0.337 e. The minimum Gasteiger partial charge on any atom is -0.508 e. The summed E-state index contributed by atoms with van der Waals surface area (Å²) < 4.78 is 4.50. The van der Waals surface area contributed by atoms with Gasteiger partial charge in [0.1, 0.15) is 5.75 Å². The van der Waals surface area contributed by atoms with Crippen LogP contribution in [0.25, 0.3) is 0 Å². The van der Waals surface area contributed by atoms with Gasteiger partial charge in [0.05, 0.1) is 12.7 Å². The zero-order valence-electron chi connectivity index (χ0n) is 7.08. The summed E-state index contributed by atoms with van der Waals surface area (Å²) in [5, 5.41) is 9.95. The van der Waals surface area contributed by atoms with Gasteiger partial charge in [-0.25, -0.2) is 4.79 Å². The topological polar surface area (TPSA) is 46.5 Å². The van der Waals surface area contributed by atoms with Crippen molar-refractivity contribution in [3.8, 4) is 5.75 Å². The van der Waals surface area contributed by atoms with Gasteiger partial charge in [-0.2, -0.15) is 0 Å². The molecule has 0 aliphatic carbocycles. The average Bonchev–Trinajstić information content (AvgIpc) is 2.16. The molecule has 1 rings (SSSR count). The molecule has 1 N–H and O–H groups in total. The number of hydrogen-bond donors (Lipinski definition) is 1. The normalized spacial score (nSPS) is 9.69. The van der Waals surface area contributed by atoms with Crippen LogP contribution in [0.4, 0.5) is 0 Å². The molecule has 3 nitrogen and oxygen atoms in total. The summed E-state index contributed by atoms with van der Waals surface area (Å²) in [5.41, 5.74) is 1.09. The number of esters is 1. The maximum atomic E-state index is 11.0. The Bertz CT molecular complexity index is 323. The lowest BCUT2D eigenvalue weighted by molar-refractivity contribution is 0.0600. The van der Waals surface area contributed by atoms with Crippen molar-refractivity contribution in [3.05, 3.63) is 29.3 Å². The van der Waals surface area contributed by atoms with E-state index in [4.69, 9.17) is 0 Å². The van der Waals surface area contributed by atoms with E-state index in [0.29, 0.717) is 10.9 Å². The molecule has 0 saturated heterocycles. The molecule has 0 aliphatic heterocycles. The third kappa shape index (κ3) is 2.21. The molecule has 0 aromatic heterocycles. The summed E-state index contributed by atoms with van der Waals surface area (Å²) in [6, 6.07) is 4.68. The van der Waals surface area contributed by atoms with Crippen LogP contribution in [0.15, 0.2) is 18.2 Å². The van der Waals surface area contributed by atoms with Crippen LogP contribution >= 0.6 is 15.9 Å². The van der Waals surface area contributed by atoms with E-state index in [1.807, 2.05) is 0 Å². The first-order valence-electron chi connectivity index (χ1n) is 3.65. The van der Waals surface area contributed by atoms with E-state index in [2.05, 4.69) is 20.7 Å². The van der Waals surface area contributed by atoms with Crippen LogP contribution in [0.1, 0.15) is 15.9 Å². The molecule has 0 unspecified atom stereocenters. The molecule has 1 aromatic carbocycles. The Morgan fingerprint density at radius 3 is 2.77 bits per heavy atom. The van der Waals surface area contributed by atoms with Gasteiger partial charge >= 0.3 is 5.97 Å². The third-order valence-corrected chi connectivity index (χ3v) is 2.25. The van der Waals surface area contributed by atoms with Gasteiger partial charge in [-0.3, -0.25) is 0 Å². The lowest BCUT2D eigenvalue weighted by Crippen LogP contribution is -2.00. The summed E-state index contributed by atoms with van der Waals surface area (Å²) in [4.78, 5) is 11.0. The first-order chi connectivity index (χ1) is 6.19.